The third kappa shape index (κ3) is 3.10. The van der Waals surface area contributed by atoms with Crippen LogP contribution < -0.4 is 5.30 Å². The van der Waals surface area contributed by atoms with Gasteiger partial charge >= 0.3 is 0 Å². The Kier molecular flexibility index (Phi) is 5.18. The second-order valence-electron chi connectivity index (χ2n) is 4.72. The molecule has 0 amide bonds. The predicted molar refractivity (Wildman–Crippen MR) is 81.1 cm³/mol. The van der Waals surface area contributed by atoms with Crippen molar-refractivity contribution in [1.29, 1.82) is 5.16 Å². The van der Waals surface area contributed by atoms with E-state index in [4.69, 9.17) is 5.16 Å². The zero-order valence-corrected chi connectivity index (χ0v) is 15.7. The Labute approximate surface area is 148 Å². The number of allylic oxidation sites excluding steroid dienone is 1. The molecule has 2 aromatic rings. The molecule has 1 unspecified atom stereocenters. The molecule has 0 bridgehead atoms. The molecule has 0 aliphatic heterocycles. The number of fused-ring (bicyclic) bond motifs is 1. The van der Waals surface area contributed by atoms with Gasteiger partial charge in [0.05, 0.1) is 0 Å². The molecule has 93 valence electrons. The summed E-state index contributed by atoms with van der Waals surface area (Å²) in [6, 6.07) is 16.9. The molecule has 1 aliphatic carbocycles. The van der Waals surface area contributed by atoms with Gasteiger partial charge in [0.1, 0.15) is 0 Å². The van der Waals surface area contributed by atoms with E-state index < -0.39 is 7.71 Å². The van der Waals surface area contributed by atoms with Gasteiger partial charge in [-0.05, 0) is 48.4 Å². The van der Waals surface area contributed by atoms with Crippen LogP contribution in [0.2, 0.25) is 0 Å². The Hall–Kier alpha value is -0.226. The second-order valence-corrected chi connectivity index (χ2v) is 6.50. The maximum atomic E-state index is 8.06. The van der Waals surface area contributed by atoms with Gasteiger partial charge in [-0.1, -0.05) is 54.6 Å². The molecule has 0 aromatic heterocycles. The molecule has 1 radical (unpaired) electrons. The zero-order chi connectivity index (χ0) is 12.5. The van der Waals surface area contributed by atoms with E-state index >= 15 is 0 Å². The summed E-state index contributed by atoms with van der Waals surface area (Å²) in [6.07, 6.45) is 3.28. The van der Waals surface area contributed by atoms with Crippen LogP contribution in [0.3, 0.4) is 0 Å². The van der Waals surface area contributed by atoms with Crippen molar-refractivity contribution in [2.45, 2.75) is 6.42 Å². The third-order valence-electron chi connectivity index (χ3n) is 3.44. The largest absolute Gasteiger partial charge is 0.317 e. The molecular formula is C16H16NPPr. The van der Waals surface area contributed by atoms with Crippen LogP contribution in [-0.4, -0.2) is 6.66 Å². The standard InChI is InChI=1S/C16H16NP.Pr/c1-18(17)16-9-5-4-8-15(16)14-10-12-6-2-3-7-13(12)11-14;/h2-10,17-18H,11H2,1H3;. The summed E-state index contributed by atoms with van der Waals surface area (Å²) in [7, 11) is -1.16. The molecule has 1 N–H and O–H groups in total. The summed E-state index contributed by atoms with van der Waals surface area (Å²) >= 11 is 0. The van der Waals surface area contributed by atoms with Crippen molar-refractivity contribution in [1.82, 2.24) is 0 Å². The minimum atomic E-state index is -1.16. The van der Waals surface area contributed by atoms with Gasteiger partial charge in [0, 0.05) is 41.3 Å². The first-order chi connectivity index (χ1) is 8.75. The molecule has 1 aliphatic rings. The minimum Gasteiger partial charge on any atom is -0.317 e. The minimum absolute atomic E-state index is 0. The van der Waals surface area contributed by atoms with Crippen molar-refractivity contribution in [3.63, 3.8) is 0 Å². The van der Waals surface area contributed by atoms with Gasteiger partial charge in [0.25, 0.3) is 0 Å². The number of hydrogen-bond donors (Lipinski definition) is 1. The Bertz CT molecular complexity index is 661. The van der Waals surface area contributed by atoms with E-state index in [9.17, 15) is 0 Å². The van der Waals surface area contributed by atoms with Gasteiger partial charge in [-0.25, -0.2) is 0 Å². The quantitative estimate of drug-likeness (QED) is 0.745. The van der Waals surface area contributed by atoms with Crippen LogP contribution in [0.4, 0.5) is 0 Å². The molecule has 1 nitrogen and oxygen atoms in total. The van der Waals surface area contributed by atoms with E-state index in [-0.39, 0.29) is 41.3 Å². The van der Waals surface area contributed by atoms with E-state index in [1.807, 2.05) is 12.7 Å². The first kappa shape index (κ1) is 15.2. The molecule has 19 heavy (non-hydrogen) atoms. The Balaban J connectivity index is 0.00000133. The van der Waals surface area contributed by atoms with Crippen LogP contribution in [0, 0.1) is 46.5 Å². The normalized spacial score (nSPS) is 14.3. The first-order valence-corrected chi connectivity index (χ1v) is 8.19. The van der Waals surface area contributed by atoms with Crippen molar-refractivity contribution in [3.05, 3.63) is 65.2 Å². The predicted octanol–water partition coefficient (Wildman–Crippen LogP) is 4.01. The van der Waals surface area contributed by atoms with Crippen LogP contribution >= 0.6 is 7.71 Å². The summed E-state index contributed by atoms with van der Waals surface area (Å²) < 4.78 is 0. The third-order valence-corrected chi connectivity index (χ3v) is 4.69. The SMILES string of the molecule is C[PH](=N)c1ccccc1C1=Cc2ccccc2C1.[Pr]. The molecule has 0 fully saturated rings. The Morgan fingerprint density at radius 2 is 1.68 bits per heavy atom. The summed E-state index contributed by atoms with van der Waals surface area (Å²) in [6.45, 7) is 2.03. The molecule has 0 saturated carbocycles. The fraction of sp³-hybridized carbons (Fsp3) is 0.125. The fourth-order valence-corrected chi connectivity index (χ4v) is 3.54. The van der Waals surface area contributed by atoms with Crippen LogP contribution in [0.1, 0.15) is 16.7 Å². The van der Waals surface area contributed by atoms with E-state index in [0.717, 1.165) is 6.42 Å². The van der Waals surface area contributed by atoms with Gasteiger partial charge in [0.2, 0.25) is 0 Å². The summed E-state index contributed by atoms with van der Waals surface area (Å²) in [5, 5.41) is 9.28. The van der Waals surface area contributed by atoms with E-state index in [2.05, 4.69) is 48.5 Å². The molecular weight excluding hydrogens is 378 g/mol. The second kappa shape index (κ2) is 6.48. The fourth-order valence-electron chi connectivity index (χ4n) is 2.54. The summed E-state index contributed by atoms with van der Waals surface area (Å²) in [4.78, 5) is 0. The summed E-state index contributed by atoms with van der Waals surface area (Å²) in [5.74, 6) is 0. The van der Waals surface area contributed by atoms with Crippen molar-refractivity contribution in [2.75, 3.05) is 6.66 Å². The topological polar surface area (TPSA) is 23.9 Å². The number of benzene rings is 2. The molecule has 3 heteroatoms. The van der Waals surface area contributed by atoms with Gasteiger partial charge in [-0.15, -0.1) is 0 Å². The van der Waals surface area contributed by atoms with Gasteiger partial charge in [-0.2, -0.15) is 0 Å². The zero-order valence-electron chi connectivity index (χ0n) is 11.0. The molecule has 3 rings (SSSR count). The number of rotatable bonds is 2. The maximum Gasteiger partial charge on any atom is 0 e. The number of nitrogens with one attached hydrogen (secondary N) is 1. The number of hydrogen-bond acceptors (Lipinski definition) is 1. The van der Waals surface area contributed by atoms with Crippen molar-refractivity contribution >= 4 is 24.7 Å². The van der Waals surface area contributed by atoms with E-state index in [1.165, 1.54) is 27.6 Å². The van der Waals surface area contributed by atoms with Crippen LogP contribution in [0.5, 0.6) is 0 Å². The van der Waals surface area contributed by atoms with Gasteiger partial charge in [0.15, 0.2) is 0 Å². The van der Waals surface area contributed by atoms with Gasteiger partial charge < -0.3 is 5.16 Å². The van der Waals surface area contributed by atoms with Crippen LogP contribution in [0.15, 0.2) is 48.5 Å². The maximum absolute atomic E-state index is 8.06. The van der Waals surface area contributed by atoms with Gasteiger partial charge in [-0.3, -0.25) is 0 Å². The Morgan fingerprint density at radius 3 is 2.42 bits per heavy atom. The Morgan fingerprint density at radius 1 is 1.00 bits per heavy atom. The van der Waals surface area contributed by atoms with Crippen LogP contribution in [0.25, 0.3) is 11.6 Å². The average molecular weight is 394 g/mol. The van der Waals surface area contributed by atoms with Crippen molar-refractivity contribution in [2.24, 2.45) is 0 Å². The van der Waals surface area contributed by atoms with Crippen LogP contribution in [-0.2, 0) is 6.42 Å². The average Bonchev–Trinajstić information content (AvgIpc) is 2.82. The molecule has 0 saturated heterocycles. The van der Waals surface area contributed by atoms with E-state index in [1.54, 1.807) is 0 Å². The van der Waals surface area contributed by atoms with Crippen molar-refractivity contribution in [3.8, 4) is 0 Å². The molecule has 2 aromatic carbocycles. The van der Waals surface area contributed by atoms with Crippen molar-refractivity contribution < 1.29 is 41.3 Å². The monoisotopic (exact) mass is 394 g/mol. The summed E-state index contributed by atoms with van der Waals surface area (Å²) in [5.41, 5.74) is 5.37. The first-order valence-electron chi connectivity index (χ1n) is 6.19. The molecule has 0 heterocycles. The van der Waals surface area contributed by atoms with E-state index in [0.29, 0.717) is 0 Å². The molecule has 0 spiro atoms. The molecule has 1 atom stereocenters. The smallest absolute Gasteiger partial charge is 0 e.